The lowest BCUT2D eigenvalue weighted by Gasteiger charge is -1.92. The number of aromatic hydroxyl groups is 1. The average molecular weight is 259 g/mol. The highest BCUT2D eigenvalue weighted by molar-refractivity contribution is 14.1. The maximum Gasteiger partial charge on any atom is 0.139 e. The van der Waals surface area contributed by atoms with Gasteiger partial charge in [-0.2, -0.15) is 0 Å². The van der Waals surface area contributed by atoms with Crippen molar-refractivity contribution in [2.24, 2.45) is 0 Å². The highest BCUT2D eigenvalue weighted by Crippen LogP contribution is 2.26. The number of phenolic OH excluding ortho intramolecular Hbond substituents is 1. The smallest absolute Gasteiger partial charge is 0.139 e. The fourth-order valence-electron chi connectivity index (χ4n) is 1.10. The Labute approximate surface area is 77.4 Å². The second kappa shape index (κ2) is 2.41. The lowest BCUT2D eigenvalue weighted by molar-refractivity contribution is 0.480. The molecule has 0 aliphatic heterocycles. The summed E-state index contributed by atoms with van der Waals surface area (Å²) in [6, 6.07) is 5.50. The molecule has 1 aromatic heterocycles. The van der Waals surface area contributed by atoms with Gasteiger partial charge in [0, 0.05) is 15.2 Å². The van der Waals surface area contributed by atoms with Gasteiger partial charge in [-0.3, -0.25) is 0 Å². The molecule has 0 radical (unpaired) electrons. The molecule has 0 saturated carbocycles. The third kappa shape index (κ3) is 0.994. The van der Waals surface area contributed by atoms with Crippen LogP contribution in [0.4, 0.5) is 0 Å². The van der Waals surface area contributed by atoms with Gasteiger partial charge in [-0.25, -0.2) is 0 Å². The van der Waals surface area contributed by atoms with Gasteiger partial charge >= 0.3 is 0 Å². The van der Waals surface area contributed by atoms with E-state index in [0.717, 1.165) is 14.5 Å². The summed E-state index contributed by atoms with van der Waals surface area (Å²) in [5.41, 5.74) is 0.817. The molecule has 1 aromatic carbocycles. The first-order valence-corrected chi connectivity index (χ1v) is 4.31. The van der Waals surface area contributed by atoms with E-state index in [9.17, 15) is 5.11 Å². The maximum absolute atomic E-state index is 9.35. The lowest BCUT2D eigenvalue weighted by Crippen LogP contribution is -1.68. The van der Waals surface area contributed by atoms with E-state index in [0.29, 0.717) is 5.75 Å². The molecule has 0 amide bonds. The summed E-state index contributed by atoms with van der Waals surface area (Å²) >= 11 is 2.23. The predicted molar refractivity (Wildman–Crippen MR) is 52.7 cm³/mol. The molecule has 2 aromatic rings. The van der Waals surface area contributed by atoms with Crippen molar-refractivity contribution in [3.05, 3.63) is 28.0 Å². The van der Waals surface area contributed by atoms with Gasteiger partial charge in [-0.05, 0) is 28.7 Å². The van der Waals surface area contributed by atoms with Crippen LogP contribution in [0.3, 0.4) is 0 Å². The van der Waals surface area contributed by atoms with Crippen molar-refractivity contribution >= 4 is 33.5 Å². The minimum absolute atomic E-state index is 0.311. The molecule has 11 heavy (non-hydrogen) atoms. The number of aromatic amines is 1. The van der Waals surface area contributed by atoms with E-state index in [1.807, 2.05) is 18.3 Å². The zero-order valence-corrected chi connectivity index (χ0v) is 7.79. The first-order valence-electron chi connectivity index (χ1n) is 3.23. The van der Waals surface area contributed by atoms with Gasteiger partial charge in [0.15, 0.2) is 0 Å². The topological polar surface area (TPSA) is 36.0 Å². The summed E-state index contributed by atoms with van der Waals surface area (Å²) in [5, 5.41) is 10.4. The van der Waals surface area contributed by atoms with Crippen LogP contribution in [0.1, 0.15) is 0 Å². The van der Waals surface area contributed by atoms with Crippen molar-refractivity contribution in [2.75, 3.05) is 0 Å². The van der Waals surface area contributed by atoms with Crippen LogP contribution in [0, 0.1) is 3.57 Å². The fourth-order valence-corrected chi connectivity index (χ4v) is 1.71. The van der Waals surface area contributed by atoms with E-state index < -0.39 is 0 Å². The molecule has 3 heteroatoms. The normalized spacial score (nSPS) is 10.6. The Morgan fingerprint density at radius 3 is 2.91 bits per heavy atom. The number of halogens is 1. The number of nitrogens with one attached hydrogen (secondary N) is 1. The Morgan fingerprint density at radius 2 is 2.18 bits per heavy atom. The molecule has 2 rings (SSSR count). The number of benzene rings is 1. The Balaban J connectivity index is 2.94. The van der Waals surface area contributed by atoms with E-state index in [4.69, 9.17) is 0 Å². The third-order valence-corrected chi connectivity index (χ3v) is 2.54. The molecule has 0 aliphatic rings. The molecule has 0 spiro atoms. The second-order valence-electron chi connectivity index (χ2n) is 2.34. The molecule has 0 saturated heterocycles. The quantitative estimate of drug-likeness (QED) is 0.700. The van der Waals surface area contributed by atoms with Crippen LogP contribution in [-0.2, 0) is 0 Å². The molecule has 0 unspecified atom stereocenters. The Morgan fingerprint density at radius 1 is 1.36 bits per heavy atom. The number of H-pyrrole nitrogens is 1. The van der Waals surface area contributed by atoms with E-state index in [1.165, 1.54) is 0 Å². The van der Waals surface area contributed by atoms with Gasteiger partial charge in [0.2, 0.25) is 0 Å². The molecular weight excluding hydrogens is 253 g/mol. The van der Waals surface area contributed by atoms with Gasteiger partial charge in [0.1, 0.15) is 5.75 Å². The minimum Gasteiger partial charge on any atom is -0.506 e. The second-order valence-corrected chi connectivity index (χ2v) is 3.50. The van der Waals surface area contributed by atoms with Crippen LogP contribution < -0.4 is 0 Å². The largest absolute Gasteiger partial charge is 0.506 e. The van der Waals surface area contributed by atoms with Crippen molar-refractivity contribution in [3.63, 3.8) is 0 Å². The Hall–Kier alpha value is -0.710. The first-order chi connectivity index (χ1) is 5.29. The number of hydrogen-bond donors (Lipinski definition) is 2. The number of aromatic nitrogens is 1. The van der Waals surface area contributed by atoms with Crippen molar-refractivity contribution in [1.29, 1.82) is 0 Å². The number of phenols is 1. The van der Waals surface area contributed by atoms with Crippen LogP contribution >= 0.6 is 22.6 Å². The molecule has 56 valence electrons. The average Bonchev–Trinajstić information content (AvgIpc) is 2.35. The molecule has 2 N–H and O–H groups in total. The van der Waals surface area contributed by atoms with Gasteiger partial charge in [-0.15, -0.1) is 0 Å². The van der Waals surface area contributed by atoms with Crippen molar-refractivity contribution in [3.8, 4) is 5.75 Å². The van der Waals surface area contributed by atoms with E-state index >= 15 is 0 Å². The highest BCUT2D eigenvalue weighted by Gasteiger charge is 2.02. The summed E-state index contributed by atoms with van der Waals surface area (Å²) in [4.78, 5) is 3.00. The molecule has 0 atom stereocenters. The summed E-state index contributed by atoms with van der Waals surface area (Å²) in [5.74, 6) is 0.311. The van der Waals surface area contributed by atoms with Crippen LogP contribution in [0.2, 0.25) is 0 Å². The van der Waals surface area contributed by atoms with Crippen LogP contribution in [0.25, 0.3) is 10.9 Å². The summed E-state index contributed by atoms with van der Waals surface area (Å²) in [6.45, 7) is 0. The van der Waals surface area contributed by atoms with Crippen molar-refractivity contribution in [1.82, 2.24) is 4.98 Å². The van der Waals surface area contributed by atoms with Gasteiger partial charge in [0.05, 0.1) is 5.52 Å². The number of fused-ring (bicyclic) bond motifs is 1. The van der Waals surface area contributed by atoms with E-state index in [1.54, 1.807) is 6.07 Å². The lowest BCUT2D eigenvalue weighted by atomic mass is 10.2. The first kappa shape index (κ1) is 6.97. The van der Waals surface area contributed by atoms with Crippen molar-refractivity contribution < 1.29 is 5.11 Å². The minimum atomic E-state index is 0.311. The van der Waals surface area contributed by atoms with E-state index in [-0.39, 0.29) is 0 Å². The molecule has 0 bridgehead atoms. The molecule has 0 aliphatic carbocycles. The number of para-hydroxylation sites is 1. The summed E-state index contributed by atoms with van der Waals surface area (Å²) in [7, 11) is 0. The zero-order chi connectivity index (χ0) is 7.84. The van der Waals surface area contributed by atoms with Crippen LogP contribution in [0.15, 0.2) is 24.4 Å². The summed E-state index contributed by atoms with van der Waals surface area (Å²) in [6.07, 6.45) is 1.88. The van der Waals surface area contributed by atoms with Gasteiger partial charge in [-0.1, -0.05) is 12.1 Å². The SMILES string of the molecule is Oc1cccc2c(I)c[nH]c12. The standard InChI is InChI=1S/C8H6INO/c9-6-4-10-8-5(6)2-1-3-7(8)11/h1-4,10-11H. The monoisotopic (exact) mass is 259 g/mol. The number of rotatable bonds is 0. The highest BCUT2D eigenvalue weighted by atomic mass is 127. The Bertz CT molecular complexity index is 394. The molecule has 0 fully saturated rings. The number of hydrogen-bond acceptors (Lipinski definition) is 1. The van der Waals surface area contributed by atoms with Gasteiger partial charge < -0.3 is 10.1 Å². The van der Waals surface area contributed by atoms with Gasteiger partial charge in [0.25, 0.3) is 0 Å². The molecular formula is C8H6INO. The Kier molecular flexibility index (Phi) is 1.52. The zero-order valence-electron chi connectivity index (χ0n) is 5.63. The van der Waals surface area contributed by atoms with Crippen LogP contribution in [-0.4, -0.2) is 10.1 Å². The molecule has 1 heterocycles. The van der Waals surface area contributed by atoms with Crippen LogP contribution in [0.5, 0.6) is 5.75 Å². The fraction of sp³-hybridized carbons (Fsp3) is 0. The predicted octanol–water partition coefficient (Wildman–Crippen LogP) is 2.48. The summed E-state index contributed by atoms with van der Waals surface area (Å²) < 4.78 is 1.13. The van der Waals surface area contributed by atoms with E-state index in [2.05, 4.69) is 27.6 Å². The maximum atomic E-state index is 9.35. The molecule has 2 nitrogen and oxygen atoms in total. The van der Waals surface area contributed by atoms with Crippen molar-refractivity contribution in [2.45, 2.75) is 0 Å². The third-order valence-electron chi connectivity index (χ3n) is 1.64.